The predicted molar refractivity (Wildman–Crippen MR) is 71.0 cm³/mol. The van der Waals surface area contributed by atoms with Crippen molar-refractivity contribution in [1.29, 1.82) is 0 Å². The largest absolute Gasteiger partial charge is 0.329 e. The molecule has 0 unspecified atom stereocenters. The Labute approximate surface area is 105 Å². The lowest BCUT2D eigenvalue weighted by atomic mass is 10.2. The maximum atomic E-state index is 6.24. The highest BCUT2D eigenvalue weighted by Crippen LogP contribution is 2.21. The van der Waals surface area contributed by atoms with Crippen LogP contribution < -0.4 is 5.73 Å². The van der Waals surface area contributed by atoms with E-state index < -0.39 is 0 Å². The average molecular weight is 238 g/mol. The van der Waals surface area contributed by atoms with E-state index in [1.54, 1.807) is 6.20 Å². The summed E-state index contributed by atoms with van der Waals surface area (Å²) in [5, 5.41) is 0. The molecule has 1 atom stereocenters. The fraction of sp³-hybridized carbons (Fsp3) is 0.143. The molecule has 0 aliphatic heterocycles. The number of fused-ring (bicyclic) bond motifs is 1. The van der Waals surface area contributed by atoms with Crippen LogP contribution in [-0.4, -0.2) is 14.5 Å². The molecule has 90 valence electrons. The molecule has 3 aromatic rings. The first-order valence-electron chi connectivity index (χ1n) is 5.85. The van der Waals surface area contributed by atoms with Gasteiger partial charge in [0.2, 0.25) is 0 Å². The van der Waals surface area contributed by atoms with Gasteiger partial charge in [0.25, 0.3) is 0 Å². The molecule has 0 spiro atoms. The maximum absolute atomic E-state index is 6.24. The molecular weight excluding hydrogens is 224 g/mol. The number of hydrogen-bond acceptors (Lipinski definition) is 3. The number of pyridine rings is 1. The molecule has 0 saturated heterocycles. The molecule has 0 saturated carbocycles. The Bertz CT molecular complexity index is 673. The third-order valence-corrected chi connectivity index (χ3v) is 3.11. The third kappa shape index (κ3) is 1.67. The number of rotatable bonds is 2. The normalized spacial score (nSPS) is 12.8. The number of imidazole rings is 1. The van der Waals surface area contributed by atoms with Gasteiger partial charge >= 0.3 is 0 Å². The molecule has 2 N–H and O–H groups in total. The zero-order valence-electron chi connectivity index (χ0n) is 10.1. The van der Waals surface area contributed by atoms with Gasteiger partial charge in [-0.2, -0.15) is 0 Å². The molecular formula is C14H14N4. The Morgan fingerprint density at radius 2 is 1.89 bits per heavy atom. The summed E-state index contributed by atoms with van der Waals surface area (Å²) in [5.74, 6) is 0.829. The van der Waals surface area contributed by atoms with E-state index in [9.17, 15) is 0 Å². The summed E-state index contributed by atoms with van der Waals surface area (Å²) in [6, 6.07) is 13.4. The van der Waals surface area contributed by atoms with Crippen LogP contribution in [0.5, 0.6) is 0 Å². The summed E-state index contributed by atoms with van der Waals surface area (Å²) in [7, 11) is 1.98. The van der Waals surface area contributed by atoms with Gasteiger partial charge in [0.05, 0.1) is 16.7 Å². The SMILES string of the molecule is Cn1c([C@@H](N)c2ccccn2)nc2ccccc21. The molecule has 0 bridgehead atoms. The van der Waals surface area contributed by atoms with E-state index in [0.29, 0.717) is 0 Å². The monoisotopic (exact) mass is 238 g/mol. The molecule has 3 rings (SSSR count). The fourth-order valence-electron chi connectivity index (χ4n) is 2.13. The summed E-state index contributed by atoms with van der Waals surface area (Å²) in [4.78, 5) is 8.87. The molecule has 0 radical (unpaired) electrons. The van der Waals surface area contributed by atoms with Crippen molar-refractivity contribution < 1.29 is 0 Å². The van der Waals surface area contributed by atoms with Crippen LogP contribution in [0.2, 0.25) is 0 Å². The highest BCUT2D eigenvalue weighted by atomic mass is 15.1. The van der Waals surface area contributed by atoms with Crippen molar-refractivity contribution in [3.8, 4) is 0 Å². The summed E-state index contributed by atoms with van der Waals surface area (Å²) in [6.07, 6.45) is 1.75. The smallest absolute Gasteiger partial charge is 0.132 e. The summed E-state index contributed by atoms with van der Waals surface area (Å²) >= 11 is 0. The minimum Gasteiger partial charge on any atom is -0.329 e. The van der Waals surface area contributed by atoms with Gasteiger partial charge in [-0.25, -0.2) is 4.98 Å². The standard InChI is InChI=1S/C14H14N4/c1-18-12-8-3-2-6-10(12)17-14(18)13(15)11-7-4-5-9-16-11/h2-9,13H,15H2,1H3/t13-/m0/s1. The molecule has 2 aromatic heterocycles. The van der Waals surface area contributed by atoms with E-state index in [1.807, 2.05) is 54.1 Å². The minimum absolute atomic E-state index is 0.302. The lowest BCUT2D eigenvalue weighted by Gasteiger charge is -2.10. The van der Waals surface area contributed by atoms with E-state index in [-0.39, 0.29) is 6.04 Å². The molecule has 4 nitrogen and oxygen atoms in total. The van der Waals surface area contributed by atoms with Gasteiger partial charge in [0, 0.05) is 13.2 Å². The second-order valence-electron chi connectivity index (χ2n) is 4.25. The Morgan fingerprint density at radius 1 is 1.11 bits per heavy atom. The number of aromatic nitrogens is 3. The number of para-hydroxylation sites is 2. The van der Waals surface area contributed by atoms with Gasteiger partial charge in [0.15, 0.2) is 0 Å². The quantitative estimate of drug-likeness (QED) is 0.743. The molecule has 0 aliphatic carbocycles. The van der Waals surface area contributed by atoms with Crippen LogP contribution in [0.3, 0.4) is 0 Å². The first-order valence-corrected chi connectivity index (χ1v) is 5.85. The van der Waals surface area contributed by atoms with Gasteiger partial charge in [-0.3, -0.25) is 4.98 Å². The van der Waals surface area contributed by atoms with E-state index in [4.69, 9.17) is 5.73 Å². The zero-order valence-corrected chi connectivity index (χ0v) is 10.1. The number of nitrogens with zero attached hydrogens (tertiary/aromatic N) is 3. The molecule has 2 heterocycles. The number of nitrogens with two attached hydrogens (primary N) is 1. The van der Waals surface area contributed by atoms with Crippen LogP contribution in [0.25, 0.3) is 11.0 Å². The first kappa shape index (κ1) is 10.9. The average Bonchev–Trinajstić information content (AvgIpc) is 2.77. The Kier molecular flexibility index (Phi) is 2.57. The van der Waals surface area contributed by atoms with Crippen molar-refractivity contribution in [2.75, 3.05) is 0 Å². The van der Waals surface area contributed by atoms with Crippen molar-refractivity contribution >= 4 is 11.0 Å². The van der Waals surface area contributed by atoms with Crippen molar-refractivity contribution in [1.82, 2.24) is 14.5 Å². The van der Waals surface area contributed by atoms with Gasteiger partial charge in [-0.15, -0.1) is 0 Å². The maximum Gasteiger partial charge on any atom is 0.132 e. The number of hydrogen-bond donors (Lipinski definition) is 1. The van der Waals surface area contributed by atoms with E-state index in [2.05, 4.69) is 9.97 Å². The molecule has 0 aliphatic rings. The number of aryl methyl sites for hydroxylation is 1. The van der Waals surface area contributed by atoms with Crippen LogP contribution >= 0.6 is 0 Å². The van der Waals surface area contributed by atoms with Crippen molar-refractivity contribution in [3.05, 3.63) is 60.2 Å². The van der Waals surface area contributed by atoms with E-state index in [1.165, 1.54) is 0 Å². The van der Waals surface area contributed by atoms with Gasteiger partial charge in [-0.05, 0) is 24.3 Å². The molecule has 1 aromatic carbocycles. The topological polar surface area (TPSA) is 56.7 Å². The third-order valence-electron chi connectivity index (χ3n) is 3.11. The van der Waals surface area contributed by atoms with Crippen LogP contribution in [0.15, 0.2) is 48.7 Å². The fourth-order valence-corrected chi connectivity index (χ4v) is 2.13. The minimum atomic E-state index is -0.302. The van der Waals surface area contributed by atoms with Crippen LogP contribution in [-0.2, 0) is 7.05 Å². The number of benzene rings is 1. The van der Waals surface area contributed by atoms with Crippen molar-refractivity contribution in [2.45, 2.75) is 6.04 Å². The predicted octanol–water partition coefficient (Wildman–Crippen LogP) is 2.02. The van der Waals surface area contributed by atoms with Crippen molar-refractivity contribution in [2.24, 2.45) is 12.8 Å². The second kappa shape index (κ2) is 4.23. The van der Waals surface area contributed by atoms with Crippen LogP contribution in [0.4, 0.5) is 0 Å². The van der Waals surface area contributed by atoms with Gasteiger partial charge in [0.1, 0.15) is 11.9 Å². The molecule has 0 fully saturated rings. The lowest BCUT2D eigenvalue weighted by molar-refractivity contribution is 0.710. The van der Waals surface area contributed by atoms with Crippen molar-refractivity contribution in [3.63, 3.8) is 0 Å². The molecule has 4 heteroatoms. The first-order chi connectivity index (χ1) is 8.77. The Balaban J connectivity index is 2.12. The highest BCUT2D eigenvalue weighted by molar-refractivity contribution is 5.76. The van der Waals surface area contributed by atoms with E-state index >= 15 is 0 Å². The van der Waals surface area contributed by atoms with Gasteiger partial charge in [-0.1, -0.05) is 18.2 Å². The van der Waals surface area contributed by atoms with Crippen LogP contribution in [0.1, 0.15) is 17.6 Å². The van der Waals surface area contributed by atoms with E-state index in [0.717, 1.165) is 22.6 Å². The molecule has 0 amide bonds. The second-order valence-corrected chi connectivity index (χ2v) is 4.25. The summed E-state index contributed by atoms with van der Waals surface area (Å²) in [5.41, 5.74) is 9.11. The summed E-state index contributed by atoms with van der Waals surface area (Å²) in [6.45, 7) is 0. The Hall–Kier alpha value is -2.20. The van der Waals surface area contributed by atoms with Gasteiger partial charge < -0.3 is 10.3 Å². The highest BCUT2D eigenvalue weighted by Gasteiger charge is 2.17. The lowest BCUT2D eigenvalue weighted by Crippen LogP contribution is -2.17. The zero-order chi connectivity index (χ0) is 12.5. The molecule has 18 heavy (non-hydrogen) atoms. The summed E-state index contributed by atoms with van der Waals surface area (Å²) < 4.78 is 2.02. The van der Waals surface area contributed by atoms with Crippen LogP contribution in [0, 0.1) is 0 Å². The Morgan fingerprint density at radius 3 is 2.61 bits per heavy atom.